The average molecular weight is 239 g/mol. The number of aromatic nitrogens is 1. The average Bonchev–Trinajstić information content (AvgIpc) is 2.30. The highest BCUT2D eigenvalue weighted by molar-refractivity contribution is 5.39. The van der Waals surface area contributed by atoms with Crippen LogP contribution in [0.25, 0.3) is 0 Å². The van der Waals surface area contributed by atoms with E-state index in [9.17, 15) is 9.18 Å². The Bertz CT molecular complexity index is 446. The molecule has 0 saturated carbocycles. The summed E-state index contributed by atoms with van der Waals surface area (Å²) in [7, 11) is 3.60. The van der Waals surface area contributed by atoms with E-state index in [2.05, 4.69) is 5.32 Å². The third-order valence-electron chi connectivity index (χ3n) is 3.31. The zero-order valence-corrected chi connectivity index (χ0v) is 10.2. The predicted octanol–water partition coefficient (Wildman–Crippen LogP) is 1.10. The molecule has 94 valence electrons. The number of nitrogens with zero attached hydrogens (tertiary/aromatic N) is 2. The van der Waals surface area contributed by atoms with Crippen molar-refractivity contribution in [1.29, 1.82) is 0 Å². The normalized spacial score (nSPS) is 25.8. The lowest BCUT2D eigenvalue weighted by Crippen LogP contribution is -2.43. The maximum Gasteiger partial charge on any atom is 0.274 e. The fraction of sp³-hybridized carbons (Fsp3) is 0.583. The molecule has 0 aromatic carbocycles. The largest absolute Gasteiger partial charge is 0.384 e. The Morgan fingerprint density at radius 3 is 2.94 bits per heavy atom. The Labute approximate surface area is 100 Å². The fourth-order valence-corrected chi connectivity index (χ4v) is 2.32. The lowest BCUT2D eigenvalue weighted by Gasteiger charge is -2.33. The van der Waals surface area contributed by atoms with Crippen LogP contribution in [0.3, 0.4) is 0 Å². The van der Waals surface area contributed by atoms with E-state index in [0.29, 0.717) is 18.7 Å². The molecule has 2 atom stereocenters. The topological polar surface area (TPSA) is 37.3 Å². The minimum atomic E-state index is -0.987. The van der Waals surface area contributed by atoms with Crippen molar-refractivity contribution >= 4 is 5.69 Å². The van der Waals surface area contributed by atoms with Crippen molar-refractivity contribution in [1.82, 2.24) is 9.47 Å². The van der Waals surface area contributed by atoms with Crippen LogP contribution in [0, 0.1) is 0 Å². The van der Waals surface area contributed by atoms with E-state index in [1.165, 1.54) is 4.57 Å². The molecule has 5 heteroatoms. The number of hydrogen-bond acceptors (Lipinski definition) is 3. The first kappa shape index (κ1) is 12.1. The molecule has 17 heavy (non-hydrogen) atoms. The molecule has 1 aromatic heterocycles. The Kier molecular flexibility index (Phi) is 3.47. The summed E-state index contributed by atoms with van der Waals surface area (Å²) in [6.07, 6.45) is 1.36. The van der Waals surface area contributed by atoms with Gasteiger partial charge in [0.2, 0.25) is 0 Å². The SMILES string of the molecule is CNc1cccn([C@H]2CCN(C)C[C@@H]2F)c1=O. The van der Waals surface area contributed by atoms with Crippen molar-refractivity contribution in [2.45, 2.75) is 18.6 Å². The van der Waals surface area contributed by atoms with Crippen LogP contribution >= 0.6 is 0 Å². The van der Waals surface area contributed by atoms with Gasteiger partial charge in [-0.1, -0.05) is 0 Å². The minimum Gasteiger partial charge on any atom is -0.384 e. The van der Waals surface area contributed by atoms with Crippen LogP contribution in [-0.4, -0.2) is 42.8 Å². The van der Waals surface area contributed by atoms with Crippen LogP contribution in [0.5, 0.6) is 0 Å². The fourth-order valence-electron chi connectivity index (χ4n) is 2.32. The zero-order valence-electron chi connectivity index (χ0n) is 10.2. The number of alkyl halides is 1. The van der Waals surface area contributed by atoms with Crippen LogP contribution in [-0.2, 0) is 0 Å². The van der Waals surface area contributed by atoms with E-state index in [0.717, 1.165) is 6.54 Å². The van der Waals surface area contributed by atoms with E-state index in [1.54, 1.807) is 25.4 Å². The molecule has 0 spiro atoms. The summed E-state index contributed by atoms with van der Waals surface area (Å²) in [6, 6.07) is 3.14. The summed E-state index contributed by atoms with van der Waals surface area (Å²) in [5.41, 5.74) is 0.367. The summed E-state index contributed by atoms with van der Waals surface area (Å²) in [5.74, 6) is 0. The number of pyridine rings is 1. The molecule has 0 aliphatic carbocycles. The maximum atomic E-state index is 14.0. The number of nitrogens with one attached hydrogen (secondary N) is 1. The predicted molar refractivity (Wildman–Crippen MR) is 66.3 cm³/mol. The highest BCUT2D eigenvalue weighted by Gasteiger charge is 2.29. The Hall–Kier alpha value is -1.36. The first-order chi connectivity index (χ1) is 8.13. The monoisotopic (exact) mass is 239 g/mol. The summed E-state index contributed by atoms with van der Waals surface area (Å²) >= 11 is 0. The van der Waals surface area contributed by atoms with Gasteiger partial charge >= 0.3 is 0 Å². The Morgan fingerprint density at radius 2 is 2.29 bits per heavy atom. The van der Waals surface area contributed by atoms with Gasteiger partial charge in [0.1, 0.15) is 11.9 Å². The van der Waals surface area contributed by atoms with Gasteiger partial charge in [0.25, 0.3) is 5.56 Å². The maximum absolute atomic E-state index is 14.0. The quantitative estimate of drug-likeness (QED) is 0.840. The lowest BCUT2D eigenvalue weighted by molar-refractivity contribution is 0.105. The summed E-state index contributed by atoms with van der Waals surface area (Å²) in [4.78, 5) is 14.0. The molecular formula is C12H18FN3O. The van der Waals surface area contributed by atoms with Crippen LogP contribution in [0.2, 0.25) is 0 Å². The zero-order chi connectivity index (χ0) is 12.4. The first-order valence-electron chi connectivity index (χ1n) is 5.85. The number of anilines is 1. The molecule has 1 N–H and O–H groups in total. The van der Waals surface area contributed by atoms with Crippen LogP contribution in [0.15, 0.2) is 23.1 Å². The number of halogens is 1. The minimum absolute atomic E-state index is 0.146. The third kappa shape index (κ3) is 2.34. The molecule has 1 saturated heterocycles. The van der Waals surface area contributed by atoms with Crippen molar-refractivity contribution in [2.24, 2.45) is 0 Å². The second-order valence-corrected chi connectivity index (χ2v) is 4.52. The van der Waals surface area contributed by atoms with Crippen LogP contribution in [0.1, 0.15) is 12.5 Å². The molecule has 1 aliphatic heterocycles. The smallest absolute Gasteiger partial charge is 0.274 e. The molecule has 4 nitrogen and oxygen atoms in total. The van der Waals surface area contributed by atoms with E-state index >= 15 is 0 Å². The van der Waals surface area contributed by atoms with Crippen LogP contribution < -0.4 is 10.9 Å². The number of likely N-dealkylation sites (tertiary alicyclic amines) is 1. The van der Waals surface area contributed by atoms with Gasteiger partial charge in [-0.25, -0.2) is 4.39 Å². The van der Waals surface area contributed by atoms with E-state index < -0.39 is 6.17 Å². The van der Waals surface area contributed by atoms with Crippen molar-refractivity contribution in [3.8, 4) is 0 Å². The second-order valence-electron chi connectivity index (χ2n) is 4.52. The van der Waals surface area contributed by atoms with Gasteiger partial charge in [-0.15, -0.1) is 0 Å². The van der Waals surface area contributed by atoms with Gasteiger partial charge < -0.3 is 14.8 Å². The Balaban J connectivity index is 2.31. The highest BCUT2D eigenvalue weighted by Crippen LogP contribution is 2.23. The molecule has 1 aromatic rings. The van der Waals surface area contributed by atoms with E-state index in [4.69, 9.17) is 0 Å². The van der Waals surface area contributed by atoms with Crippen LogP contribution in [0.4, 0.5) is 10.1 Å². The standard InChI is InChI=1S/C12H18FN3O/c1-14-10-4-3-6-16(12(10)17)11-5-7-15(2)8-9(11)13/h3-4,6,9,11,14H,5,7-8H2,1-2H3/t9-,11-/m0/s1. The van der Waals surface area contributed by atoms with E-state index in [1.807, 2.05) is 11.9 Å². The van der Waals surface area contributed by atoms with Gasteiger partial charge in [-0.2, -0.15) is 0 Å². The summed E-state index contributed by atoms with van der Waals surface area (Å²) in [6.45, 7) is 1.21. The van der Waals surface area contributed by atoms with Crippen molar-refractivity contribution in [3.05, 3.63) is 28.7 Å². The molecule has 0 radical (unpaired) electrons. The number of hydrogen-bond donors (Lipinski definition) is 1. The molecule has 0 amide bonds. The second kappa shape index (κ2) is 4.87. The first-order valence-corrected chi connectivity index (χ1v) is 5.85. The van der Waals surface area contributed by atoms with E-state index in [-0.39, 0.29) is 11.6 Å². The molecule has 2 rings (SSSR count). The van der Waals surface area contributed by atoms with Crippen molar-refractivity contribution < 1.29 is 4.39 Å². The number of piperidine rings is 1. The van der Waals surface area contributed by atoms with Gasteiger partial charge in [-0.3, -0.25) is 4.79 Å². The molecule has 0 bridgehead atoms. The van der Waals surface area contributed by atoms with Crippen molar-refractivity contribution in [3.63, 3.8) is 0 Å². The molecule has 0 unspecified atom stereocenters. The highest BCUT2D eigenvalue weighted by atomic mass is 19.1. The van der Waals surface area contributed by atoms with Gasteiger partial charge in [0.15, 0.2) is 0 Å². The summed E-state index contributed by atoms with van der Waals surface area (Å²) in [5, 5.41) is 2.83. The molecular weight excluding hydrogens is 221 g/mol. The molecule has 1 aliphatic rings. The number of rotatable bonds is 2. The van der Waals surface area contributed by atoms with Gasteiger partial charge in [-0.05, 0) is 25.6 Å². The molecule has 1 fully saturated rings. The van der Waals surface area contributed by atoms with Crippen molar-refractivity contribution in [2.75, 3.05) is 32.5 Å². The molecule has 2 heterocycles. The van der Waals surface area contributed by atoms with Gasteiger partial charge in [0, 0.05) is 26.3 Å². The third-order valence-corrected chi connectivity index (χ3v) is 3.31. The Morgan fingerprint density at radius 1 is 1.53 bits per heavy atom. The summed E-state index contributed by atoms with van der Waals surface area (Å²) < 4.78 is 15.5. The van der Waals surface area contributed by atoms with Gasteiger partial charge in [0.05, 0.1) is 6.04 Å². The lowest BCUT2D eigenvalue weighted by atomic mass is 10.0.